The van der Waals surface area contributed by atoms with Gasteiger partial charge < -0.3 is 14.2 Å². The summed E-state index contributed by atoms with van der Waals surface area (Å²) < 4.78 is 17.4. The van der Waals surface area contributed by atoms with Crippen molar-refractivity contribution in [2.24, 2.45) is 0 Å². The number of nitrogens with zero attached hydrogens (tertiary/aromatic N) is 3. The molecule has 0 fully saturated rings. The third-order valence-electron chi connectivity index (χ3n) is 3.43. The highest BCUT2D eigenvalue weighted by molar-refractivity contribution is 5.89. The highest BCUT2D eigenvalue weighted by atomic mass is 16.6. The van der Waals surface area contributed by atoms with E-state index in [9.17, 15) is 4.79 Å². The van der Waals surface area contributed by atoms with E-state index in [0.29, 0.717) is 11.3 Å². The minimum absolute atomic E-state index is 0.162. The Kier molecular flexibility index (Phi) is 5.26. The second kappa shape index (κ2) is 7.96. The minimum Gasteiger partial charge on any atom is -0.497 e. The molecule has 0 saturated carbocycles. The first-order valence-corrected chi connectivity index (χ1v) is 7.65. The molecule has 3 rings (SSSR count). The molecule has 0 aliphatic carbocycles. The fourth-order valence-electron chi connectivity index (χ4n) is 2.14. The van der Waals surface area contributed by atoms with E-state index in [4.69, 9.17) is 14.2 Å². The Hall–Kier alpha value is -3.35. The van der Waals surface area contributed by atoms with Crippen LogP contribution >= 0.6 is 0 Å². The maximum atomic E-state index is 12.0. The van der Waals surface area contributed by atoms with Crippen LogP contribution in [0.15, 0.2) is 61.2 Å². The Morgan fingerprint density at radius 3 is 2.36 bits per heavy atom. The first-order chi connectivity index (χ1) is 12.3. The van der Waals surface area contributed by atoms with Crippen LogP contribution in [0.2, 0.25) is 0 Å². The molecule has 0 radical (unpaired) electrons. The summed E-state index contributed by atoms with van der Waals surface area (Å²) in [5.41, 5.74) is 1.28. The van der Waals surface area contributed by atoms with E-state index in [-0.39, 0.29) is 13.2 Å². The molecule has 3 aromatic rings. The lowest BCUT2D eigenvalue weighted by molar-refractivity contribution is 0.0450. The number of carbonyl (C=O) groups is 1. The second-order valence-corrected chi connectivity index (χ2v) is 5.05. The molecule has 7 heteroatoms. The molecular weight excluding hydrogens is 322 g/mol. The number of methoxy groups -OCH3 is 1. The lowest BCUT2D eigenvalue weighted by atomic mass is 10.2. The van der Waals surface area contributed by atoms with Gasteiger partial charge in [-0.15, -0.1) is 0 Å². The van der Waals surface area contributed by atoms with E-state index in [2.05, 4.69) is 10.1 Å². The van der Waals surface area contributed by atoms with Gasteiger partial charge in [0, 0.05) is 0 Å². The van der Waals surface area contributed by atoms with Crippen molar-refractivity contribution in [3.8, 4) is 17.2 Å². The van der Waals surface area contributed by atoms with Crippen LogP contribution in [0.1, 0.15) is 10.4 Å². The molecule has 2 aromatic carbocycles. The molecule has 1 aromatic heterocycles. The van der Waals surface area contributed by atoms with Gasteiger partial charge in [0.15, 0.2) is 0 Å². The zero-order valence-corrected chi connectivity index (χ0v) is 13.7. The maximum absolute atomic E-state index is 12.0. The van der Waals surface area contributed by atoms with Gasteiger partial charge in [-0.1, -0.05) is 0 Å². The second-order valence-electron chi connectivity index (χ2n) is 5.05. The Morgan fingerprint density at radius 2 is 1.72 bits per heavy atom. The van der Waals surface area contributed by atoms with E-state index >= 15 is 0 Å². The van der Waals surface area contributed by atoms with Crippen molar-refractivity contribution < 1.29 is 19.0 Å². The van der Waals surface area contributed by atoms with Crippen molar-refractivity contribution in [2.75, 3.05) is 20.3 Å². The van der Waals surface area contributed by atoms with Gasteiger partial charge in [0.1, 0.15) is 37.4 Å². The molecular formula is C18H17N3O4. The average Bonchev–Trinajstić information content (AvgIpc) is 3.20. The zero-order chi connectivity index (χ0) is 17.5. The molecule has 0 saturated heterocycles. The lowest BCUT2D eigenvalue weighted by Crippen LogP contribution is -2.12. The van der Waals surface area contributed by atoms with Crippen LogP contribution in [-0.2, 0) is 4.74 Å². The van der Waals surface area contributed by atoms with E-state index in [0.717, 1.165) is 11.4 Å². The van der Waals surface area contributed by atoms with Gasteiger partial charge in [-0.05, 0) is 48.5 Å². The predicted molar refractivity (Wildman–Crippen MR) is 90.1 cm³/mol. The number of benzene rings is 2. The van der Waals surface area contributed by atoms with Crippen molar-refractivity contribution in [1.82, 2.24) is 14.8 Å². The van der Waals surface area contributed by atoms with E-state index in [1.165, 1.54) is 6.33 Å². The van der Waals surface area contributed by atoms with Crippen molar-refractivity contribution in [1.29, 1.82) is 0 Å². The van der Waals surface area contributed by atoms with E-state index < -0.39 is 5.97 Å². The highest BCUT2D eigenvalue weighted by Gasteiger charge is 2.07. The van der Waals surface area contributed by atoms with Crippen LogP contribution in [0.25, 0.3) is 5.69 Å². The van der Waals surface area contributed by atoms with Gasteiger partial charge >= 0.3 is 5.97 Å². The summed E-state index contributed by atoms with van der Waals surface area (Å²) in [7, 11) is 1.60. The maximum Gasteiger partial charge on any atom is 0.338 e. The summed E-state index contributed by atoms with van der Waals surface area (Å²) in [5, 5.41) is 4.03. The Morgan fingerprint density at radius 1 is 1.00 bits per heavy atom. The molecule has 0 amide bonds. The fraction of sp³-hybridized carbons (Fsp3) is 0.167. The summed E-state index contributed by atoms with van der Waals surface area (Å²) in [6.45, 7) is 0.435. The molecule has 0 unspecified atom stereocenters. The van der Waals surface area contributed by atoms with Crippen LogP contribution in [0.3, 0.4) is 0 Å². The molecule has 0 aliphatic heterocycles. The smallest absolute Gasteiger partial charge is 0.338 e. The van der Waals surface area contributed by atoms with Gasteiger partial charge in [-0.2, -0.15) is 5.10 Å². The summed E-state index contributed by atoms with van der Waals surface area (Å²) in [5.74, 6) is 1.05. The van der Waals surface area contributed by atoms with Gasteiger partial charge in [0.2, 0.25) is 0 Å². The van der Waals surface area contributed by atoms with Crippen LogP contribution in [0, 0.1) is 0 Å². The first-order valence-electron chi connectivity index (χ1n) is 7.65. The third-order valence-corrected chi connectivity index (χ3v) is 3.43. The number of carbonyl (C=O) groups excluding carboxylic acids is 1. The Balaban J connectivity index is 1.45. The first kappa shape index (κ1) is 16.5. The van der Waals surface area contributed by atoms with E-state index in [1.807, 2.05) is 0 Å². The van der Waals surface area contributed by atoms with Crippen molar-refractivity contribution in [2.45, 2.75) is 0 Å². The minimum atomic E-state index is -0.400. The molecule has 0 spiro atoms. The predicted octanol–water partition coefficient (Wildman–Crippen LogP) is 2.51. The SMILES string of the molecule is COc1ccc(OCCOC(=O)c2ccc(-n3cncn3)cc2)cc1. The number of hydrogen-bond acceptors (Lipinski definition) is 6. The van der Waals surface area contributed by atoms with Crippen molar-refractivity contribution in [3.05, 3.63) is 66.7 Å². The van der Waals surface area contributed by atoms with Gasteiger partial charge in [0.25, 0.3) is 0 Å². The molecule has 0 N–H and O–H groups in total. The summed E-state index contributed by atoms with van der Waals surface area (Å²) in [6.07, 6.45) is 3.04. The van der Waals surface area contributed by atoms with Crippen LogP contribution in [-0.4, -0.2) is 41.1 Å². The number of rotatable bonds is 7. The monoisotopic (exact) mass is 339 g/mol. The zero-order valence-electron chi connectivity index (χ0n) is 13.7. The molecule has 25 heavy (non-hydrogen) atoms. The number of hydrogen-bond donors (Lipinski definition) is 0. The number of ether oxygens (including phenoxy) is 3. The molecule has 1 heterocycles. The average molecular weight is 339 g/mol. The fourth-order valence-corrected chi connectivity index (χ4v) is 2.14. The summed E-state index contributed by atoms with van der Waals surface area (Å²) in [4.78, 5) is 15.9. The quantitative estimate of drug-likeness (QED) is 0.486. The third kappa shape index (κ3) is 4.35. The summed E-state index contributed by atoms with van der Waals surface area (Å²) in [6, 6.07) is 14.1. The standard InChI is InChI=1S/C18H17N3O4/c1-23-16-6-8-17(9-7-16)24-10-11-25-18(22)14-2-4-15(5-3-14)21-13-19-12-20-21/h2-9,12-13H,10-11H2,1H3. The van der Waals surface area contributed by atoms with Crippen molar-refractivity contribution in [3.63, 3.8) is 0 Å². The van der Waals surface area contributed by atoms with Gasteiger partial charge in [-0.3, -0.25) is 0 Å². The molecule has 128 valence electrons. The largest absolute Gasteiger partial charge is 0.497 e. The van der Waals surface area contributed by atoms with Crippen molar-refractivity contribution >= 4 is 5.97 Å². The lowest BCUT2D eigenvalue weighted by Gasteiger charge is -2.08. The highest BCUT2D eigenvalue weighted by Crippen LogP contribution is 2.16. The van der Waals surface area contributed by atoms with Crippen LogP contribution in [0.5, 0.6) is 11.5 Å². The van der Waals surface area contributed by atoms with Gasteiger partial charge in [-0.25, -0.2) is 14.5 Å². The number of aromatic nitrogens is 3. The van der Waals surface area contributed by atoms with Crippen LogP contribution in [0.4, 0.5) is 0 Å². The normalized spacial score (nSPS) is 10.3. The topological polar surface area (TPSA) is 75.5 Å². The summed E-state index contributed by atoms with van der Waals surface area (Å²) >= 11 is 0. The van der Waals surface area contributed by atoms with Gasteiger partial charge in [0.05, 0.1) is 18.4 Å². The molecule has 7 nitrogen and oxygen atoms in total. The molecule has 0 bridgehead atoms. The molecule has 0 atom stereocenters. The van der Waals surface area contributed by atoms with Crippen LogP contribution < -0.4 is 9.47 Å². The Bertz CT molecular complexity index is 799. The number of esters is 1. The molecule has 0 aliphatic rings. The Labute approximate surface area is 144 Å². The van der Waals surface area contributed by atoms with E-state index in [1.54, 1.807) is 66.6 Å².